The van der Waals surface area contributed by atoms with E-state index in [1.54, 1.807) is 12.1 Å². The third kappa shape index (κ3) is 3.56. The molecule has 0 unspecified atom stereocenters. The Morgan fingerprint density at radius 2 is 1.64 bits per heavy atom. The Balaban J connectivity index is 1.66. The normalized spacial score (nSPS) is 11.1. The lowest BCUT2D eigenvalue weighted by Gasteiger charge is -2.01. The van der Waals surface area contributed by atoms with E-state index in [4.69, 9.17) is 0 Å². The van der Waals surface area contributed by atoms with Crippen LogP contribution in [0.1, 0.15) is 10.4 Å². The van der Waals surface area contributed by atoms with Crippen molar-refractivity contribution in [2.45, 2.75) is 16.5 Å². The number of Topliss-reactive ketones (excluding diaryl/α,β-unsaturated/α-hetero) is 1. The maximum atomic E-state index is 13.1. The molecule has 2 aromatic carbocycles. The Bertz CT molecular complexity index is 1220. The average Bonchev–Trinajstić information content (AvgIpc) is 3.01. The molecule has 0 N–H and O–H groups in total. The minimum absolute atomic E-state index is 0.282. The maximum Gasteiger partial charge on any atom is 0.350 e. The molecule has 0 saturated carbocycles. The highest BCUT2D eigenvalue weighted by Crippen LogP contribution is 2.28. The molecule has 9 heteroatoms. The topological polar surface area (TPSA) is 69.3 Å². The van der Waals surface area contributed by atoms with Gasteiger partial charge in [-0.05, 0) is 48.5 Å². The molecule has 4 rings (SSSR count). The number of benzene rings is 2. The van der Waals surface area contributed by atoms with E-state index in [-0.39, 0.29) is 29.4 Å². The first-order chi connectivity index (χ1) is 13.5. The number of rotatable bonds is 5. The van der Waals surface area contributed by atoms with Crippen molar-refractivity contribution in [1.82, 2.24) is 19.2 Å². The Kier molecular flexibility index (Phi) is 4.74. The van der Waals surface area contributed by atoms with Gasteiger partial charge < -0.3 is 0 Å². The number of ketones is 1. The van der Waals surface area contributed by atoms with Crippen LogP contribution in [0.2, 0.25) is 0 Å². The third-order valence-corrected chi connectivity index (χ3v) is 4.95. The second-order valence-corrected chi connectivity index (χ2v) is 6.91. The van der Waals surface area contributed by atoms with Crippen LogP contribution in [0.3, 0.4) is 0 Å². The smallest absolute Gasteiger partial charge is 0.292 e. The van der Waals surface area contributed by atoms with Crippen molar-refractivity contribution in [3.05, 3.63) is 88.6 Å². The summed E-state index contributed by atoms with van der Waals surface area (Å²) in [6.45, 7) is -0.285. The van der Waals surface area contributed by atoms with E-state index in [0.29, 0.717) is 5.03 Å². The van der Waals surface area contributed by atoms with Gasteiger partial charge in [0, 0.05) is 22.9 Å². The molecule has 2 heterocycles. The maximum absolute atomic E-state index is 13.1. The van der Waals surface area contributed by atoms with Crippen LogP contribution in [0.4, 0.5) is 8.78 Å². The molecule has 0 radical (unpaired) electrons. The number of carbonyl (C=O) groups is 1. The van der Waals surface area contributed by atoms with E-state index in [2.05, 4.69) is 10.1 Å². The van der Waals surface area contributed by atoms with Gasteiger partial charge in [-0.2, -0.15) is 0 Å². The van der Waals surface area contributed by atoms with Gasteiger partial charge in [-0.25, -0.2) is 27.6 Å². The first-order valence-corrected chi connectivity index (χ1v) is 8.99. The zero-order valence-corrected chi connectivity index (χ0v) is 15.1. The van der Waals surface area contributed by atoms with Gasteiger partial charge in [0.2, 0.25) is 0 Å². The molecule has 4 aromatic rings. The van der Waals surface area contributed by atoms with Gasteiger partial charge in [0.05, 0.1) is 0 Å². The van der Waals surface area contributed by atoms with E-state index in [0.717, 1.165) is 9.58 Å². The molecule has 2 aromatic heterocycles. The van der Waals surface area contributed by atoms with E-state index in [9.17, 15) is 18.4 Å². The largest absolute Gasteiger partial charge is 0.350 e. The van der Waals surface area contributed by atoms with E-state index in [1.165, 1.54) is 65.0 Å². The SMILES string of the molecule is O=C(Cn1nc2c(Sc3ccc(F)cc3)nccn2c1=O)c1ccc(F)cc1. The summed E-state index contributed by atoms with van der Waals surface area (Å²) in [7, 11) is 0. The number of carbonyl (C=O) groups excluding carboxylic acids is 1. The molecule has 28 heavy (non-hydrogen) atoms. The van der Waals surface area contributed by atoms with E-state index >= 15 is 0 Å². The highest BCUT2D eigenvalue weighted by molar-refractivity contribution is 7.99. The fraction of sp³-hybridized carbons (Fsp3) is 0.0526. The second-order valence-electron chi connectivity index (χ2n) is 5.85. The van der Waals surface area contributed by atoms with Crippen LogP contribution in [0, 0.1) is 11.6 Å². The summed E-state index contributed by atoms with van der Waals surface area (Å²) in [6, 6.07) is 10.9. The van der Waals surface area contributed by atoms with Gasteiger partial charge in [-0.15, -0.1) is 5.10 Å². The lowest BCUT2D eigenvalue weighted by molar-refractivity contribution is 0.0966. The second kappa shape index (κ2) is 7.35. The van der Waals surface area contributed by atoms with Crippen LogP contribution >= 0.6 is 11.8 Å². The third-order valence-electron chi connectivity index (χ3n) is 3.96. The summed E-state index contributed by atoms with van der Waals surface area (Å²) in [5.74, 6) is -1.17. The zero-order chi connectivity index (χ0) is 19.7. The lowest BCUT2D eigenvalue weighted by Crippen LogP contribution is -2.25. The predicted octanol–water partition coefficient (Wildman–Crippen LogP) is 3.20. The van der Waals surface area contributed by atoms with Gasteiger partial charge in [0.1, 0.15) is 23.2 Å². The molecule has 140 valence electrons. The number of aromatic nitrogens is 4. The molecule has 0 aliphatic heterocycles. The van der Waals surface area contributed by atoms with Crippen molar-refractivity contribution < 1.29 is 13.6 Å². The highest BCUT2D eigenvalue weighted by atomic mass is 32.2. The number of hydrogen-bond donors (Lipinski definition) is 0. The molecule has 0 spiro atoms. The molecule has 0 amide bonds. The quantitative estimate of drug-likeness (QED) is 0.483. The fourth-order valence-corrected chi connectivity index (χ4v) is 3.42. The van der Waals surface area contributed by atoms with Crippen LogP contribution in [0.15, 0.2) is 75.6 Å². The molecule has 0 aliphatic rings. The fourth-order valence-electron chi connectivity index (χ4n) is 2.58. The Labute approximate surface area is 161 Å². The van der Waals surface area contributed by atoms with Crippen molar-refractivity contribution in [1.29, 1.82) is 0 Å². The molecule has 0 bridgehead atoms. The molecule has 6 nitrogen and oxygen atoms in total. The summed E-state index contributed by atoms with van der Waals surface area (Å²) >= 11 is 1.22. The Hall–Kier alpha value is -3.33. The summed E-state index contributed by atoms with van der Waals surface area (Å²) in [6.07, 6.45) is 2.91. The Morgan fingerprint density at radius 1 is 1.00 bits per heavy atom. The molecule has 0 atom stereocenters. The number of fused-ring (bicyclic) bond motifs is 1. The highest BCUT2D eigenvalue weighted by Gasteiger charge is 2.16. The zero-order valence-electron chi connectivity index (χ0n) is 14.3. The monoisotopic (exact) mass is 398 g/mol. The van der Waals surface area contributed by atoms with Gasteiger partial charge in [0.25, 0.3) is 0 Å². The first kappa shape index (κ1) is 18.1. The van der Waals surface area contributed by atoms with E-state index in [1.807, 2.05) is 0 Å². The van der Waals surface area contributed by atoms with Gasteiger partial charge in [-0.3, -0.25) is 4.79 Å². The number of halogens is 2. The van der Waals surface area contributed by atoms with Crippen molar-refractivity contribution in [3.63, 3.8) is 0 Å². The minimum Gasteiger partial charge on any atom is -0.292 e. The molecular formula is C19H12F2N4O2S. The predicted molar refractivity (Wildman–Crippen MR) is 98.5 cm³/mol. The average molecular weight is 398 g/mol. The summed E-state index contributed by atoms with van der Waals surface area (Å²) < 4.78 is 28.4. The number of hydrogen-bond acceptors (Lipinski definition) is 5. The standard InChI is InChI=1S/C19H12F2N4O2S/c20-13-3-1-12(2-4-13)16(26)11-25-19(27)24-10-9-22-18(17(24)23-25)28-15-7-5-14(21)6-8-15/h1-10H,11H2. The van der Waals surface area contributed by atoms with Crippen molar-refractivity contribution >= 4 is 23.2 Å². The molecule has 0 saturated heterocycles. The van der Waals surface area contributed by atoms with Crippen LogP contribution < -0.4 is 5.69 Å². The summed E-state index contributed by atoms with van der Waals surface area (Å²) in [5, 5.41) is 4.67. The summed E-state index contributed by atoms with van der Waals surface area (Å²) in [4.78, 5) is 29.9. The summed E-state index contributed by atoms with van der Waals surface area (Å²) in [5.41, 5.74) is 0.0759. The van der Waals surface area contributed by atoms with Gasteiger partial charge >= 0.3 is 5.69 Å². The molecular weight excluding hydrogens is 386 g/mol. The van der Waals surface area contributed by atoms with Crippen LogP contribution in [-0.2, 0) is 6.54 Å². The van der Waals surface area contributed by atoms with E-state index < -0.39 is 11.5 Å². The number of nitrogens with zero attached hydrogens (tertiary/aromatic N) is 4. The molecule has 0 aliphatic carbocycles. The first-order valence-electron chi connectivity index (χ1n) is 8.17. The van der Waals surface area contributed by atoms with Crippen LogP contribution in [0.25, 0.3) is 5.65 Å². The van der Waals surface area contributed by atoms with Crippen molar-refractivity contribution in [2.75, 3.05) is 0 Å². The van der Waals surface area contributed by atoms with Crippen molar-refractivity contribution in [2.24, 2.45) is 0 Å². The Morgan fingerprint density at radius 3 is 2.32 bits per heavy atom. The van der Waals surface area contributed by atoms with Gasteiger partial charge in [0.15, 0.2) is 11.4 Å². The van der Waals surface area contributed by atoms with Crippen molar-refractivity contribution in [3.8, 4) is 0 Å². The minimum atomic E-state index is -0.492. The van der Waals surface area contributed by atoms with Gasteiger partial charge in [-0.1, -0.05) is 11.8 Å². The van der Waals surface area contributed by atoms with Crippen LogP contribution in [0.5, 0.6) is 0 Å². The lowest BCUT2D eigenvalue weighted by atomic mass is 10.1. The van der Waals surface area contributed by atoms with Crippen LogP contribution in [-0.4, -0.2) is 24.9 Å². The molecule has 0 fully saturated rings.